The summed E-state index contributed by atoms with van der Waals surface area (Å²) in [5, 5.41) is 3.26. The number of nitrogens with one attached hydrogen (secondary N) is 2. The highest BCUT2D eigenvalue weighted by atomic mass is 35.5. The fourth-order valence-corrected chi connectivity index (χ4v) is 5.54. The Labute approximate surface area is 200 Å². The topological polar surface area (TPSA) is 75.3 Å². The second-order valence-electron chi connectivity index (χ2n) is 8.28. The van der Waals surface area contributed by atoms with E-state index in [4.69, 9.17) is 11.6 Å². The average molecular weight is 483 g/mol. The zero-order valence-electron chi connectivity index (χ0n) is 18.5. The van der Waals surface area contributed by atoms with Crippen molar-refractivity contribution in [1.29, 1.82) is 0 Å². The molecule has 3 aromatic carbocycles. The SMILES string of the molecule is CC[C@@H](NC(=O)c1ccc(NS(=O)(=O)c2ccccc2)cc1Cl)c1ccc2c(c1)CCCC2. The van der Waals surface area contributed by atoms with E-state index in [1.54, 1.807) is 30.3 Å². The molecule has 172 valence electrons. The molecule has 0 saturated heterocycles. The first kappa shape index (κ1) is 23.3. The van der Waals surface area contributed by atoms with Crippen LogP contribution >= 0.6 is 11.6 Å². The standard InChI is InChI=1S/C26H27ClN2O3S/c1-2-25(20-13-12-18-8-6-7-9-19(18)16-20)28-26(30)23-15-14-21(17-24(23)27)29-33(31,32)22-10-4-3-5-11-22/h3-5,10-17,25,29H,2,6-9H2,1H3,(H,28,30)/t25-/m1/s1. The summed E-state index contributed by atoms with van der Waals surface area (Å²) < 4.78 is 27.6. The molecule has 2 N–H and O–H groups in total. The van der Waals surface area contributed by atoms with E-state index >= 15 is 0 Å². The van der Waals surface area contributed by atoms with E-state index in [1.165, 1.54) is 42.2 Å². The third-order valence-corrected chi connectivity index (χ3v) is 7.72. The van der Waals surface area contributed by atoms with Crippen molar-refractivity contribution in [2.24, 2.45) is 0 Å². The molecule has 1 aliphatic carbocycles. The molecule has 1 atom stereocenters. The van der Waals surface area contributed by atoms with Crippen molar-refractivity contribution in [1.82, 2.24) is 5.32 Å². The molecule has 0 bridgehead atoms. The second-order valence-corrected chi connectivity index (χ2v) is 10.4. The third kappa shape index (κ3) is 5.40. The quantitative estimate of drug-likeness (QED) is 0.440. The van der Waals surface area contributed by atoms with E-state index in [-0.39, 0.29) is 21.9 Å². The molecule has 0 fully saturated rings. The van der Waals surface area contributed by atoms with E-state index in [9.17, 15) is 13.2 Å². The van der Waals surface area contributed by atoms with Gasteiger partial charge in [-0.15, -0.1) is 0 Å². The number of sulfonamides is 1. The Balaban J connectivity index is 1.49. The van der Waals surface area contributed by atoms with Crippen LogP contribution in [0.4, 0.5) is 5.69 Å². The van der Waals surface area contributed by atoms with Crippen LogP contribution in [0.2, 0.25) is 5.02 Å². The van der Waals surface area contributed by atoms with Gasteiger partial charge in [0, 0.05) is 0 Å². The van der Waals surface area contributed by atoms with Crippen LogP contribution in [-0.4, -0.2) is 14.3 Å². The summed E-state index contributed by atoms with van der Waals surface area (Å²) >= 11 is 6.37. The molecule has 0 radical (unpaired) electrons. The molecule has 0 unspecified atom stereocenters. The van der Waals surface area contributed by atoms with Crippen molar-refractivity contribution in [2.75, 3.05) is 4.72 Å². The van der Waals surface area contributed by atoms with Gasteiger partial charge in [-0.1, -0.05) is 54.9 Å². The second kappa shape index (κ2) is 9.98. The monoisotopic (exact) mass is 482 g/mol. The Morgan fingerprint density at radius 3 is 2.39 bits per heavy atom. The molecule has 1 aliphatic rings. The lowest BCUT2D eigenvalue weighted by Crippen LogP contribution is -2.28. The molecular formula is C26H27ClN2O3S. The number of amides is 1. The fraction of sp³-hybridized carbons (Fsp3) is 0.269. The summed E-state index contributed by atoms with van der Waals surface area (Å²) in [4.78, 5) is 13.1. The fourth-order valence-electron chi connectivity index (χ4n) is 4.20. The molecule has 1 amide bonds. The van der Waals surface area contributed by atoms with Crippen LogP contribution < -0.4 is 10.0 Å². The van der Waals surface area contributed by atoms with Gasteiger partial charge in [0.05, 0.1) is 27.2 Å². The Morgan fingerprint density at radius 2 is 1.70 bits per heavy atom. The maximum Gasteiger partial charge on any atom is 0.261 e. The molecule has 33 heavy (non-hydrogen) atoms. The van der Waals surface area contributed by atoms with Gasteiger partial charge in [-0.2, -0.15) is 0 Å². The van der Waals surface area contributed by atoms with E-state index in [1.807, 2.05) is 6.92 Å². The lowest BCUT2D eigenvalue weighted by atomic mass is 9.88. The van der Waals surface area contributed by atoms with Crippen molar-refractivity contribution in [2.45, 2.75) is 50.0 Å². The molecule has 0 heterocycles. The molecule has 0 spiro atoms. The Hall–Kier alpha value is -2.83. The third-order valence-electron chi connectivity index (χ3n) is 6.01. The van der Waals surface area contributed by atoms with Gasteiger partial charge < -0.3 is 5.32 Å². The van der Waals surface area contributed by atoms with Gasteiger partial charge in [0.2, 0.25) is 0 Å². The number of anilines is 1. The molecule has 0 aromatic heterocycles. The van der Waals surface area contributed by atoms with E-state index < -0.39 is 10.0 Å². The normalized spacial score (nSPS) is 14.2. The average Bonchev–Trinajstić information content (AvgIpc) is 2.82. The van der Waals surface area contributed by atoms with Crippen LogP contribution in [0.3, 0.4) is 0 Å². The maximum absolute atomic E-state index is 13.0. The number of carbonyl (C=O) groups excluding carboxylic acids is 1. The zero-order chi connectivity index (χ0) is 23.4. The van der Waals surface area contributed by atoms with Gasteiger partial charge in [0.15, 0.2) is 0 Å². The van der Waals surface area contributed by atoms with Gasteiger partial charge in [-0.25, -0.2) is 8.42 Å². The Bertz CT molecular complexity index is 1260. The molecule has 3 aromatic rings. The van der Waals surface area contributed by atoms with Gasteiger partial charge >= 0.3 is 0 Å². The van der Waals surface area contributed by atoms with Crippen LogP contribution in [0.5, 0.6) is 0 Å². The Kier molecular flexibility index (Phi) is 7.05. The van der Waals surface area contributed by atoms with Crippen molar-refractivity contribution < 1.29 is 13.2 Å². The highest BCUT2D eigenvalue weighted by molar-refractivity contribution is 7.92. The molecular weight excluding hydrogens is 456 g/mol. The predicted molar refractivity (Wildman–Crippen MR) is 132 cm³/mol. The van der Waals surface area contributed by atoms with Crippen molar-refractivity contribution in [3.63, 3.8) is 0 Å². The molecule has 0 saturated carbocycles. The molecule has 4 rings (SSSR count). The summed E-state index contributed by atoms with van der Waals surface area (Å²) in [6, 6.07) is 19.0. The number of halogens is 1. The summed E-state index contributed by atoms with van der Waals surface area (Å²) in [5.41, 5.74) is 4.47. The lowest BCUT2D eigenvalue weighted by molar-refractivity contribution is 0.0935. The maximum atomic E-state index is 13.0. The first-order valence-corrected chi connectivity index (χ1v) is 13.0. The highest BCUT2D eigenvalue weighted by Gasteiger charge is 2.20. The largest absolute Gasteiger partial charge is 0.345 e. The van der Waals surface area contributed by atoms with Gasteiger partial charge in [-0.05, 0) is 79.1 Å². The van der Waals surface area contributed by atoms with Crippen LogP contribution in [0.1, 0.15) is 59.3 Å². The van der Waals surface area contributed by atoms with Gasteiger partial charge in [0.1, 0.15) is 0 Å². The van der Waals surface area contributed by atoms with Gasteiger partial charge in [0.25, 0.3) is 15.9 Å². The van der Waals surface area contributed by atoms with E-state index in [0.717, 1.165) is 24.8 Å². The minimum atomic E-state index is -3.74. The minimum Gasteiger partial charge on any atom is -0.345 e. The molecule has 0 aliphatic heterocycles. The van der Waals surface area contributed by atoms with Crippen molar-refractivity contribution in [3.8, 4) is 0 Å². The number of carbonyl (C=O) groups is 1. The summed E-state index contributed by atoms with van der Waals surface area (Å²) in [7, 11) is -3.74. The highest BCUT2D eigenvalue weighted by Crippen LogP contribution is 2.28. The van der Waals surface area contributed by atoms with Crippen LogP contribution in [0, 0.1) is 0 Å². The summed E-state index contributed by atoms with van der Waals surface area (Å²) in [6.45, 7) is 2.04. The van der Waals surface area contributed by atoms with Gasteiger partial charge in [-0.3, -0.25) is 9.52 Å². The van der Waals surface area contributed by atoms with Crippen molar-refractivity contribution in [3.05, 3.63) is 94.0 Å². The number of hydrogen-bond acceptors (Lipinski definition) is 3. The van der Waals surface area contributed by atoms with E-state index in [0.29, 0.717) is 11.3 Å². The number of aryl methyl sites for hydroxylation is 2. The Morgan fingerprint density at radius 1 is 0.970 bits per heavy atom. The molecule has 7 heteroatoms. The number of benzene rings is 3. The van der Waals surface area contributed by atoms with Crippen LogP contribution in [-0.2, 0) is 22.9 Å². The van der Waals surface area contributed by atoms with Crippen LogP contribution in [0.15, 0.2) is 71.6 Å². The lowest BCUT2D eigenvalue weighted by Gasteiger charge is -2.22. The number of fused-ring (bicyclic) bond motifs is 1. The first-order chi connectivity index (χ1) is 15.9. The zero-order valence-corrected chi connectivity index (χ0v) is 20.0. The predicted octanol–water partition coefficient (Wildman–Crippen LogP) is 5.90. The minimum absolute atomic E-state index is 0.128. The number of hydrogen-bond donors (Lipinski definition) is 2. The van der Waals surface area contributed by atoms with E-state index in [2.05, 4.69) is 28.2 Å². The summed E-state index contributed by atoms with van der Waals surface area (Å²) in [5.74, 6) is -0.290. The van der Waals surface area contributed by atoms with Crippen molar-refractivity contribution >= 4 is 33.2 Å². The smallest absolute Gasteiger partial charge is 0.261 e. The van der Waals surface area contributed by atoms with Crippen LogP contribution in [0.25, 0.3) is 0 Å². The molecule has 5 nitrogen and oxygen atoms in total. The first-order valence-electron chi connectivity index (χ1n) is 11.2. The summed E-state index contributed by atoms with van der Waals surface area (Å²) in [6.07, 6.45) is 5.39. The number of rotatable bonds is 7.